The summed E-state index contributed by atoms with van der Waals surface area (Å²) >= 11 is 0. The number of halogens is 2. The zero-order valence-corrected chi connectivity index (χ0v) is 11.0. The van der Waals surface area contributed by atoms with Gasteiger partial charge in [0, 0.05) is 17.8 Å². The Labute approximate surface area is 114 Å². The summed E-state index contributed by atoms with van der Waals surface area (Å²) in [5.74, 6) is -0.975. The Bertz CT molecular complexity index is 625. The average Bonchev–Trinajstić information content (AvgIpc) is 2.81. The van der Waals surface area contributed by atoms with E-state index < -0.39 is 17.7 Å². The van der Waals surface area contributed by atoms with Gasteiger partial charge in [0.05, 0.1) is 5.69 Å². The molecular formula is C13H14F2N4O. The number of anilines is 2. The molecule has 0 saturated carbocycles. The summed E-state index contributed by atoms with van der Waals surface area (Å²) in [5.41, 5.74) is 0.761. The van der Waals surface area contributed by atoms with E-state index in [0.717, 1.165) is 17.8 Å². The van der Waals surface area contributed by atoms with Gasteiger partial charge < -0.3 is 5.32 Å². The molecule has 0 fully saturated rings. The van der Waals surface area contributed by atoms with Crippen molar-refractivity contribution in [2.45, 2.75) is 19.8 Å². The smallest absolute Gasteiger partial charge is 0.305 e. The van der Waals surface area contributed by atoms with Crippen molar-refractivity contribution >= 4 is 17.5 Å². The van der Waals surface area contributed by atoms with Crippen LogP contribution in [0, 0.1) is 11.6 Å². The molecule has 7 heteroatoms. The molecule has 0 aliphatic carbocycles. The van der Waals surface area contributed by atoms with Crippen LogP contribution in [-0.4, -0.2) is 16.2 Å². The lowest BCUT2D eigenvalue weighted by Crippen LogP contribution is -2.20. The monoisotopic (exact) mass is 280 g/mol. The lowest BCUT2D eigenvalue weighted by Gasteiger charge is -2.06. The fourth-order valence-electron chi connectivity index (χ4n) is 1.56. The Kier molecular flexibility index (Phi) is 3.97. The Morgan fingerprint density at radius 2 is 2.00 bits per heavy atom. The summed E-state index contributed by atoms with van der Waals surface area (Å²) in [7, 11) is 0. The summed E-state index contributed by atoms with van der Waals surface area (Å²) < 4.78 is 26.1. The van der Waals surface area contributed by atoms with Gasteiger partial charge in [-0.2, -0.15) is 5.10 Å². The van der Waals surface area contributed by atoms with Crippen molar-refractivity contribution in [1.29, 1.82) is 0 Å². The number of hydrogen-bond donors (Lipinski definition) is 3. The van der Waals surface area contributed by atoms with E-state index in [1.165, 1.54) is 0 Å². The molecule has 106 valence electrons. The minimum Gasteiger partial charge on any atom is -0.305 e. The number of nitrogens with one attached hydrogen (secondary N) is 3. The second-order valence-electron chi connectivity index (χ2n) is 4.57. The number of rotatable bonds is 3. The highest BCUT2D eigenvalue weighted by atomic mass is 19.1. The van der Waals surface area contributed by atoms with Crippen LogP contribution in [0.5, 0.6) is 0 Å². The van der Waals surface area contributed by atoms with Crippen LogP contribution in [0.2, 0.25) is 0 Å². The first-order valence-electron chi connectivity index (χ1n) is 6.04. The normalized spacial score (nSPS) is 10.7. The van der Waals surface area contributed by atoms with Gasteiger partial charge in [-0.05, 0) is 18.1 Å². The van der Waals surface area contributed by atoms with E-state index in [2.05, 4.69) is 20.8 Å². The molecule has 0 unspecified atom stereocenters. The third kappa shape index (κ3) is 3.31. The maximum atomic E-state index is 13.4. The average molecular weight is 280 g/mol. The molecule has 0 aliphatic heterocycles. The number of benzene rings is 1. The molecule has 0 radical (unpaired) electrons. The van der Waals surface area contributed by atoms with Crippen molar-refractivity contribution < 1.29 is 13.6 Å². The van der Waals surface area contributed by atoms with Crippen LogP contribution < -0.4 is 10.6 Å². The fraction of sp³-hybridized carbons (Fsp3) is 0.231. The van der Waals surface area contributed by atoms with Crippen LogP contribution in [0.25, 0.3) is 0 Å². The van der Waals surface area contributed by atoms with Crippen LogP contribution >= 0.6 is 0 Å². The first kappa shape index (κ1) is 14.0. The topological polar surface area (TPSA) is 69.8 Å². The maximum Gasteiger partial charge on any atom is 0.324 e. The van der Waals surface area contributed by atoms with Gasteiger partial charge in [0.25, 0.3) is 0 Å². The van der Waals surface area contributed by atoms with Gasteiger partial charge in [-0.1, -0.05) is 13.8 Å². The van der Waals surface area contributed by atoms with E-state index in [-0.39, 0.29) is 11.6 Å². The van der Waals surface area contributed by atoms with E-state index in [9.17, 15) is 13.6 Å². The van der Waals surface area contributed by atoms with E-state index >= 15 is 0 Å². The molecule has 1 aromatic heterocycles. The number of aromatic nitrogens is 2. The number of urea groups is 1. The molecule has 2 amide bonds. The Hall–Kier alpha value is -2.44. The zero-order valence-electron chi connectivity index (χ0n) is 11.0. The van der Waals surface area contributed by atoms with E-state index in [4.69, 9.17) is 0 Å². The predicted molar refractivity (Wildman–Crippen MR) is 71.7 cm³/mol. The largest absolute Gasteiger partial charge is 0.324 e. The molecule has 20 heavy (non-hydrogen) atoms. The second-order valence-corrected chi connectivity index (χ2v) is 4.57. The number of aromatic amines is 1. The zero-order chi connectivity index (χ0) is 14.7. The summed E-state index contributed by atoms with van der Waals surface area (Å²) in [5, 5.41) is 11.4. The molecular weight excluding hydrogens is 266 g/mol. The summed E-state index contributed by atoms with van der Waals surface area (Å²) in [6, 6.07) is 3.93. The van der Waals surface area contributed by atoms with Crippen molar-refractivity contribution in [3.63, 3.8) is 0 Å². The second kappa shape index (κ2) is 5.68. The summed E-state index contributed by atoms with van der Waals surface area (Å²) in [6.07, 6.45) is 0. The summed E-state index contributed by atoms with van der Waals surface area (Å²) in [4.78, 5) is 11.7. The molecule has 0 saturated heterocycles. The van der Waals surface area contributed by atoms with Gasteiger partial charge in [0.2, 0.25) is 0 Å². The number of amides is 2. The molecule has 0 atom stereocenters. The Morgan fingerprint density at radius 1 is 1.25 bits per heavy atom. The predicted octanol–water partition coefficient (Wildman–Crippen LogP) is 3.46. The molecule has 2 rings (SSSR count). The number of carbonyl (C=O) groups is 1. The van der Waals surface area contributed by atoms with E-state index in [1.54, 1.807) is 6.07 Å². The molecule has 0 spiro atoms. The van der Waals surface area contributed by atoms with Crippen molar-refractivity contribution in [3.05, 3.63) is 41.6 Å². The Balaban J connectivity index is 2.01. The van der Waals surface area contributed by atoms with Gasteiger partial charge in [-0.15, -0.1) is 0 Å². The van der Waals surface area contributed by atoms with Crippen molar-refractivity contribution in [3.8, 4) is 0 Å². The van der Waals surface area contributed by atoms with Crippen molar-refractivity contribution in [1.82, 2.24) is 10.2 Å². The highest BCUT2D eigenvalue weighted by molar-refractivity contribution is 5.99. The first-order valence-corrected chi connectivity index (χ1v) is 6.04. The molecule has 1 aromatic carbocycles. The van der Waals surface area contributed by atoms with Gasteiger partial charge in [-0.3, -0.25) is 10.4 Å². The molecule has 5 nitrogen and oxygen atoms in total. The third-order valence-corrected chi connectivity index (χ3v) is 2.64. The Morgan fingerprint density at radius 3 is 2.60 bits per heavy atom. The van der Waals surface area contributed by atoms with Crippen LogP contribution in [0.15, 0.2) is 24.3 Å². The maximum absolute atomic E-state index is 13.4. The SMILES string of the molecule is CC(C)c1cc(NC(=O)Nc2ccc(F)cc2F)n[nH]1. The number of carbonyl (C=O) groups excluding carboxylic acids is 1. The highest BCUT2D eigenvalue weighted by Gasteiger charge is 2.10. The van der Waals surface area contributed by atoms with E-state index in [1.807, 2.05) is 13.8 Å². The molecule has 3 N–H and O–H groups in total. The quantitative estimate of drug-likeness (QED) is 0.805. The number of nitrogens with zero attached hydrogens (tertiary/aromatic N) is 1. The van der Waals surface area contributed by atoms with Crippen molar-refractivity contribution in [2.24, 2.45) is 0 Å². The fourth-order valence-corrected chi connectivity index (χ4v) is 1.56. The minimum atomic E-state index is -0.843. The third-order valence-electron chi connectivity index (χ3n) is 2.64. The lowest BCUT2D eigenvalue weighted by molar-refractivity contribution is 0.262. The van der Waals surface area contributed by atoms with Crippen LogP contribution in [0.1, 0.15) is 25.5 Å². The van der Waals surface area contributed by atoms with Gasteiger partial charge in [-0.25, -0.2) is 13.6 Å². The van der Waals surface area contributed by atoms with Crippen LogP contribution in [-0.2, 0) is 0 Å². The molecule has 0 aliphatic rings. The van der Waals surface area contributed by atoms with Crippen LogP contribution in [0.4, 0.5) is 25.1 Å². The van der Waals surface area contributed by atoms with Gasteiger partial charge >= 0.3 is 6.03 Å². The number of hydrogen-bond acceptors (Lipinski definition) is 2. The number of H-pyrrole nitrogens is 1. The standard InChI is InChI=1S/C13H14F2N4O/c1-7(2)11-6-12(19-18-11)17-13(20)16-10-4-3-8(14)5-9(10)15/h3-7H,1-2H3,(H3,16,17,18,19,20). The van der Waals surface area contributed by atoms with Crippen molar-refractivity contribution in [2.75, 3.05) is 10.6 Å². The first-order chi connectivity index (χ1) is 9.45. The van der Waals surface area contributed by atoms with Crippen LogP contribution in [0.3, 0.4) is 0 Å². The summed E-state index contributed by atoms with van der Waals surface area (Å²) in [6.45, 7) is 3.95. The minimum absolute atomic E-state index is 0.108. The molecule has 1 heterocycles. The molecule has 0 bridgehead atoms. The van der Waals surface area contributed by atoms with Gasteiger partial charge in [0.15, 0.2) is 5.82 Å². The van der Waals surface area contributed by atoms with E-state index in [0.29, 0.717) is 11.9 Å². The highest BCUT2D eigenvalue weighted by Crippen LogP contribution is 2.17. The lowest BCUT2D eigenvalue weighted by atomic mass is 10.1. The molecule has 2 aromatic rings. The van der Waals surface area contributed by atoms with Gasteiger partial charge in [0.1, 0.15) is 11.6 Å².